The number of anilines is 2. The Morgan fingerprint density at radius 2 is 1.59 bits per heavy atom. The van der Waals surface area contributed by atoms with Gasteiger partial charge in [-0.3, -0.25) is 4.79 Å². The van der Waals surface area contributed by atoms with Crippen molar-refractivity contribution in [3.05, 3.63) is 83.9 Å². The quantitative estimate of drug-likeness (QED) is 0.587. The molecular weight excluding hydrogens is 381 g/mol. The zero-order valence-electron chi connectivity index (χ0n) is 15.8. The van der Waals surface area contributed by atoms with E-state index in [0.29, 0.717) is 17.2 Å². The average molecular weight is 400 g/mol. The number of rotatable bonds is 5. The van der Waals surface area contributed by atoms with Crippen molar-refractivity contribution in [2.75, 3.05) is 24.3 Å². The lowest BCUT2D eigenvalue weighted by Gasteiger charge is -2.19. The number of alkyl halides is 3. The van der Waals surface area contributed by atoms with Gasteiger partial charge in [-0.25, -0.2) is 0 Å². The van der Waals surface area contributed by atoms with Crippen LogP contribution in [0.5, 0.6) is 11.5 Å². The predicted octanol–water partition coefficient (Wildman–Crippen LogP) is 5.82. The second-order valence-electron chi connectivity index (χ2n) is 6.52. The van der Waals surface area contributed by atoms with E-state index in [2.05, 4.69) is 5.32 Å². The summed E-state index contributed by atoms with van der Waals surface area (Å²) in [5, 5.41) is 2.36. The van der Waals surface area contributed by atoms with Crippen LogP contribution >= 0.6 is 0 Å². The van der Waals surface area contributed by atoms with Crippen LogP contribution in [-0.2, 0) is 6.18 Å². The number of para-hydroxylation sites is 1. The fourth-order valence-corrected chi connectivity index (χ4v) is 2.67. The van der Waals surface area contributed by atoms with Gasteiger partial charge in [0.15, 0.2) is 0 Å². The summed E-state index contributed by atoms with van der Waals surface area (Å²) in [4.78, 5) is 14.1. The van der Waals surface area contributed by atoms with E-state index in [9.17, 15) is 18.0 Å². The molecule has 0 aromatic heterocycles. The molecule has 0 atom stereocenters. The largest absolute Gasteiger partial charge is 0.457 e. The van der Waals surface area contributed by atoms with E-state index in [1.807, 2.05) is 18.2 Å². The molecule has 0 aliphatic carbocycles. The molecule has 0 radical (unpaired) electrons. The maximum atomic E-state index is 13.5. The van der Waals surface area contributed by atoms with E-state index >= 15 is 0 Å². The highest BCUT2D eigenvalue weighted by Crippen LogP contribution is 2.37. The van der Waals surface area contributed by atoms with Crippen LogP contribution in [-0.4, -0.2) is 20.0 Å². The minimum atomic E-state index is -4.60. The summed E-state index contributed by atoms with van der Waals surface area (Å²) in [6, 6.07) is 19.0. The third-order valence-electron chi connectivity index (χ3n) is 4.15. The van der Waals surface area contributed by atoms with Crippen molar-refractivity contribution in [2.24, 2.45) is 0 Å². The van der Waals surface area contributed by atoms with E-state index in [1.54, 1.807) is 43.3 Å². The van der Waals surface area contributed by atoms with Crippen molar-refractivity contribution in [3.63, 3.8) is 0 Å². The van der Waals surface area contributed by atoms with Crippen LogP contribution in [0.15, 0.2) is 72.8 Å². The van der Waals surface area contributed by atoms with E-state index in [-0.39, 0.29) is 11.3 Å². The predicted molar refractivity (Wildman–Crippen MR) is 107 cm³/mol. The minimum absolute atomic E-state index is 0.184. The second-order valence-corrected chi connectivity index (χ2v) is 6.52. The zero-order chi connectivity index (χ0) is 21.0. The van der Waals surface area contributed by atoms with Crippen LogP contribution in [0.4, 0.5) is 24.5 Å². The van der Waals surface area contributed by atoms with Crippen LogP contribution in [0.25, 0.3) is 0 Å². The first-order valence-corrected chi connectivity index (χ1v) is 8.77. The molecule has 150 valence electrons. The van der Waals surface area contributed by atoms with Gasteiger partial charge in [-0.2, -0.15) is 13.2 Å². The molecule has 0 fully saturated rings. The minimum Gasteiger partial charge on any atom is -0.457 e. The Balaban J connectivity index is 1.84. The number of amides is 1. The third-order valence-corrected chi connectivity index (χ3v) is 4.15. The standard InChI is InChI=1S/C22H19F3N2O2/c1-27(2)16-11-12-20(19(14-16)22(23,24)25)26-21(28)15-7-6-10-18(13-15)29-17-8-4-3-5-9-17/h3-14H,1-2H3,(H,26,28). The summed E-state index contributed by atoms with van der Waals surface area (Å²) >= 11 is 0. The number of carbonyl (C=O) groups is 1. The van der Waals surface area contributed by atoms with Crippen molar-refractivity contribution < 1.29 is 22.7 Å². The molecule has 0 bridgehead atoms. The fourth-order valence-electron chi connectivity index (χ4n) is 2.67. The molecular formula is C22H19F3N2O2. The van der Waals surface area contributed by atoms with Crippen LogP contribution in [0.1, 0.15) is 15.9 Å². The van der Waals surface area contributed by atoms with Crippen molar-refractivity contribution in [2.45, 2.75) is 6.18 Å². The maximum absolute atomic E-state index is 13.5. The van der Waals surface area contributed by atoms with Crippen LogP contribution < -0.4 is 15.0 Å². The van der Waals surface area contributed by atoms with Gasteiger partial charge < -0.3 is 15.0 Å². The molecule has 0 saturated carbocycles. The number of halogens is 3. The topological polar surface area (TPSA) is 41.6 Å². The third kappa shape index (κ3) is 5.07. The van der Waals surface area contributed by atoms with Crippen molar-refractivity contribution in [1.82, 2.24) is 0 Å². The number of hydrogen-bond donors (Lipinski definition) is 1. The summed E-state index contributed by atoms with van der Waals surface area (Å²) in [7, 11) is 3.29. The Morgan fingerprint density at radius 3 is 2.24 bits per heavy atom. The summed E-state index contributed by atoms with van der Waals surface area (Å²) in [6.45, 7) is 0. The maximum Gasteiger partial charge on any atom is 0.418 e. The number of carbonyl (C=O) groups excluding carboxylic acids is 1. The molecule has 0 aliphatic heterocycles. The SMILES string of the molecule is CN(C)c1ccc(NC(=O)c2cccc(Oc3ccccc3)c2)c(C(F)(F)F)c1. The Labute approximate surface area is 166 Å². The van der Waals surface area contributed by atoms with Gasteiger partial charge in [0.1, 0.15) is 11.5 Å². The van der Waals surface area contributed by atoms with Gasteiger partial charge in [-0.15, -0.1) is 0 Å². The first-order chi connectivity index (χ1) is 13.7. The fraction of sp³-hybridized carbons (Fsp3) is 0.136. The highest BCUT2D eigenvalue weighted by molar-refractivity contribution is 6.05. The highest BCUT2D eigenvalue weighted by atomic mass is 19.4. The van der Waals surface area contributed by atoms with Gasteiger partial charge in [0.05, 0.1) is 11.3 Å². The van der Waals surface area contributed by atoms with Gasteiger partial charge >= 0.3 is 6.18 Å². The molecule has 0 spiro atoms. The van der Waals surface area contributed by atoms with E-state index in [1.165, 1.54) is 24.3 Å². The summed E-state index contributed by atoms with van der Waals surface area (Å²) in [5.41, 5.74) is -0.645. The van der Waals surface area contributed by atoms with Gasteiger partial charge in [0.25, 0.3) is 5.91 Å². The van der Waals surface area contributed by atoms with Gasteiger partial charge in [-0.05, 0) is 48.5 Å². The van der Waals surface area contributed by atoms with Crippen molar-refractivity contribution >= 4 is 17.3 Å². The lowest BCUT2D eigenvalue weighted by Crippen LogP contribution is -2.18. The van der Waals surface area contributed by atoms with Gasteiger partial charge in [-0.1, -0.05) is 24.3 Å². The Kier molecular flexibility index (Phi) is 5.77. The highest BCUT2D eigenvalue weighted by Gasteiger charge is 2.34. The van der Waals surface area contributed by atoms with Crippen LogP contribution in [0, 0.1) is 0 Å². The summed E-state index contributed by atoms with van der Waals surface area (Å²) < 4.78 is 46.1. The molecule has 0 unspecified atom stereocenters. The molecule has 29 heavy (non-hydrogen) atoms. The van der Waals surface area contributed by atoms with E-state index < -0.39 is 17.6 Å². The normalized spacial score (nSPS) is 11.1. The van der Waals surface area contributed by atoms with Gasteiger partial charge in [0, 0.05) is 25.3 Å². The average Bonchev–Trinajstić information content (AvgIpc) is 2.68. The molecule has 7 heteroatoms. The smallest absolute Gasteiger partial charge is 0.418 e. The van der Waals surface area contributed by atoms with Crippen molar-refractivity contribution in [3.8, 4) is 11.5 Å². The molecule has 3 rings (SSSR count). The number of nitrogens with one attached hydrogen (secondary N) is 1. The number of hydrogen-bond acceptors (Lipinski definition) is 3. The lowest BCUT2D eigenvalue weighted by atomic mass is 10.1. The Morgan fingerprint density at radius 1 is 0.897 bits per heavy atom. The molecule has 3 aromatic rings. The van der Waals surface area contributed by atoms with E-state index in [0.717, 1.165) is 6.07 Å². The zero-order valence-corrected chi connectivity index (χ0v) is 15.8. The number of nitrogens with zero attached hydrogens (tertiary/aromatic N) is 1. The Bertz CT molecular complexity index is 1000. The lowest BCUT2D eigenvalue weighted by molar-refractivity contribution is -0.136. The number of ether oxygens (including phenoxy) is 1. The summed E-state index contributed by atoms with van der Waals surface area (Å²) in [6.07, 6.45) is -4.60. The number of benzene rings is 3. The van der Waals surface area contributed by atoms with Crippen LogP contribution in [0.3, 0.4) is 0 Å². The van der Waals surface area contributed by atoms with Crippen LogP contribution in [0.2, 0.25) is 0 Å². The first-order valence-electron chi connectivity index (χ1n) is 8.77. The second kappa shape index (κ2) is 8.26. The molecule has 4 nitrogen and oxygen atoms in total. The molecule has 3 aromatic carbocycles. The van der Waals surface area contributed by atoms with Gasteiger partial charge in [0.2, 0.25) is 0 Å². The monoisotopic (exact) mass is 400 g/mol. The first kappa shape index (κ1) is 20.3. The Hall–Kier alpha value is -3.48. The molecule has 1 N–H and O–H groups in total. The molecule has 0 heterocycles. The van der Waals surface area contributed by atoms with E-state index in [4.69, 9.17) is 4.74 Å². The molecule has 0 saturated heterocycles. The summed E-state index contributed by atoms with van der Waals surface area (Å²) in [5.74, 6) is 0.332. The molecule has 1 amide bonds. The van der Waals surface area contributed by atoms with Crippen molar-refractivity contribution in [1.29, 1.82) is 0 Å². The molecule has 0 aliphatic rings.